The smallest absolute Gasteiger partial charge is 0.261 e. The van der Waals surface area contributed by atoms with E-state index in [1.165, 1.54) is 6.08 Å². The number of nitrogens with zero attached hydrogens (tertiary/aromatic N) is 1. The normalized spacial score (nSPS) is 20.8. The third-order valence-electron chi connectivity index (χ3n) is 4.44. The third kappa shape index (κ3) is 3.60. The van der Waals surface area contributed by atoms with Gasteiger partial charge in [-0.05, 0) is 25.1 Å². The summed E-state index contributed by atoms with van der Waals surface area (Å²) in [4.78, 5) is 17.3. The van der Waals surface area contributed by atoms with Crippen molar-refractivity contribution in [2.45, 2.75) is 18.1 Å². The van der Waals surface area contributed by atoms with E-state index in [1.54, 1.807) is 48.5 Å². The van der Waals surface area contributed by atoms with Gasteiger partial charge in [-0.1, -0.05) is 42.0 Å². The molecule has 4 N–H and O–H groups in total. The molecule has 1 heterocycles. The van der Waals surface area contributed by atoms with Crippen LogP contribution in [0.4, 0.5) is 0 Å². The monoisotopic (exact) mass is 397 g/mol. The van der Waals surface area contributed by atoms with Crippen LogP contribution in [0, 0.1) is 6.92 Å². The summed E-state index contributed by atoms with van der Waals surface area (Å²) in [6.45, 7) is 2.39. The first-order chi connectivity index (χ1) is 13.4. The number of hydrogen-bond acceptors (Lipinski definition) is 7. The van der Waals surface area contributed by atoms with Crippen LogP contribution in [0.3, 0.4) is 0 Å². The second kappa shape index (κ2) is 7.28. The predicted molar refractivity (Wildman–Crippen MR) is 106 cm³/mol. The number of carbonyl (C=O) groups is 1. The Morgan fingerprint density at radius 3 is 2.46 bits per heavy atom. The first-order valence-electron chi connectivity index (χ1n) is 8.69. The Balaban J connectivity index is 1.74. The second-order valence-corrected chi connectivity index (χ2v) is 8.15. The minimum atomic E-state index is -3.82. The lowest BCUT2D eigenvalue weighted by molar-refractivity contribution is 0.106. The zero-order valence-electron chi connectivity index (χ0n) is 15.1. The number of ketones is 1. The van der Waals surface area contributed by atoms with Crippen molar-refractivity contribution < 1.29 is 13.2 Å². The third-order valence-corrected chi connectivity index (χ3v) is 5.82. The number of sulfonamides is 1. The lowest BCUT2D eigenvalue weighted by Gasteiger charge is -2.20. The van der Waals surface area contributed by atoms with Crippen molar-refractivity contribution in [1.82, 2.24) is 20.9 Å². The Morgan fingerprint density at radius 2 is 1.79 bits per heavy atom. The van der Waals surface area contributed by atoms with Gasteiger partial charge in [-0.25, -0.2) is 24.3 Å². The van der Waals surface area contributed by atoms with Crippen LogP contribution in [-0.2, 0) is 10.0 Å². The average Bonchev–Trinajstić information content (AvgIpc) is 3.19. The first-order valence-corrected chi connectivity index (χ1v) is 10.2. The molecule has 1 saturated heterocycles. The fourth-order valence-corrected chi connectivity index (χ4v) is 4.07. The summed E-state index contributed by atoms with van der Waals surface area (Å²) >= 11 is 0. The molecule has 0 radical (unpaired) electrons. The van der Waals surface area contributed by atoms with Crippen LogP contribution in [-0.4, -0.2) is 32.9 Å². The lowest BCUT2D eigenvalue weighted by atomic mass is 9.92. The molecule has 1 fully saturated rings. The van der Waals surface area contributed by atoms with Gasteiger partial charge in [-0.15, -0.1) is 0 Å². The SMILES string of the molecule is Cc1ccc(S(=O)(=O)NC2=CC(=NC3NCNN3)C(=O)c3ccccc32)cc1. The largest absolute Gasteiger partial charge is 0.287 e. The van der Waals surface area contributed by atoms with Gasteiger partial charge in [0.15, 0.2) is 6.29 Å². The molecule has 2 aliphatic rings. The van der Waals surface area contributed by atoms with Crippen molar-refractivity contribution in [3.8, 4) is 0 Å². The molecule has 28 heavy (non-hydrogen) atoms. The number of Topliss-reactive ketones (excluding diaryl/α,β-unsaturated/α-hetero) is 1. The Kier molecular flexibility index (Phi) is 4.82. The summed E-state index contributed by atoms with van der Waals surface area (Å²) in [6, 6.07) is 13.4. The van der Waals surface area contributed by atoms with Gasteiger partial charge in [-0.2, -0.15) is 0 Å². The van der Waals surface area contributed by atoms with Crippen LogP contribution in [0.2, 0.25) is 0 Å². The van der Waals surface area contributed by atoms with Gasteiger partial charge >= 0.3 is 0 Å². The Bertz CT molecular complexity index is 1080. The number of fused-ring (bicyclic) bond motifs is 1. The number of hydrazine groups is 1. The standard InChI is InChI=1S/C19H19N5O3S/c1-12-6-8-13(9-7-12)28(26,27)24-16-10-17(22-19-20-11-21-23-19)18(25)15-5-3-2-4-14(15)16/h2-10,19-21,23-24H,11H2,1H3. The van der Waals surface area contributed by atoms with Crippen molar-refractivity contribution in [1.29, 1.82) is 0 Å². The van der Waals surface area contributed by atoms with E-state index in [2.05, 4.69) is 25.9 Å². The van der Waals surface area contributed by atoms with E-state index in [4.69, 9.17) is 0 Å². The minimum absolute atomic E-state index is 0.148. The van der Waals surface area contributed by atoms with Crippen molar-refractivity contribution in [2.75, 3.05) is 6.67 Å². The van der Waals surface area contributed by atoms with Crippen molar-refractivity contribution >= 4 is 27.2 Å². The van der Waals surface area contributed by atoms with Crippen LogP contribution in [0.15, 0.2) is 64.5 Å². The first kappa shape index (κ1) is 18.5. The Labute approximate surface area is 162 Å². The van der Waals surface area contributed by atoms with Gasteiger partial charge in [-0.3, -0.25) is 14.8 Å². The van der Waals surface area contributed by atoms with Gasteiger partial charge in [0.25, 0.3) is 10.0 Å². The maximum atomic E-state index is 12.8. The number of aliphatic imine (C=N–C) groups is 1. The van der Waals surface area contributed by atoms with Crippen LogP contribution >= 0.6 is 0 Å². The summed E-state index contributed by atoms with van der Waals surface area (Å²) in [5.74, 6) is -0.260. The quantitative estimate of drug-likeness (QED) is 0.610. The van der Waals surface area contributed by atoms with Crippen molar-refractivity contribution in [3.63, 3.8) is 0 Å². The van der Waals surface area contributed by atoms with Crippen LogP contribution in [0.5, 0.6) is 0 Å². The number of allylic oxidation sites excluding steroid dienone is 1. The molecule has 8 nitrogen and oxygen atoms in total. The Hall–Kier alpha value is -2.85. The second-order valence-electron chi connectivity index (χ2n) is 6.47. The molecule has 0 amide bonds. The van der Waals surface area contributed by atoms with Crippen molar-refractivity contribution in [3.05, 3.63) is 71.3 Å². The summed E-state index contributed by atoms with van der Waals surface area (Å²) in [5, 5.41) is 3.01. The molecular formula is C19H19N5O3S. The Morgan fingerprint density at radius 1 is 1.07 bits per heavy atom. The van der Waals surface area contributed by atoms with Crippen LogP contribution in [0.1, 0.15) is 21.5 Å². The maximum Gasteiger partial charge on any atom is 0.261 e. The molecule has 1 unspecified atom stereocenters. The molecule has 144 valence electrons. The molecule has 0 bridgehead atoms. The van der Waals surface area contributed by atoms with Gasteiger partial charge in [0.1, 0.15) is 5.71 Å². The van der Waals surface area contributed by atoms with E-state index >= 15 is 0 Å². The summed E-state index contributed by atoms with van der Waals surface area (Å²) in [7, 11) is -3.82. The number of aryl methyl sites for hydroxylation is 1. The molecule has 1 atom stereocenters. The fourth-order valence-electron chi connectivity index (χ4n) is 3.00. The molecule has 2 aromatic carbocycles. The molecule has 1 aliphatic heterocycles. The van der Waals surface area contributed by atoms with Gasteiger partial charge in [0.05, 0.1) is 17.3 Å². The summed E-state index contributed by atoms with van der Waals surface area (Å²) in [6.07, 6.45) is 0.994. The maximum absolute atomic E-state index is 12.8. The van der Waals surface area contributed by atoms with Crippen LogP contribution < -0.4 is 20.9 Å². The van der Waals surface area contributed by atoms with E-state index in [0.29, 0.717) is 23.5 Å². The van der Waals surface area contributed by atoms with Crippen molar-refractivity contribution in [2.24, 2.45) is 4.99 Å². The highest BCUT2D eigenvalue weighted by molar-refractivity contribution is 7.89. The highest BCUT2D eigenvalue weighted by atomic mass is 32.2. The number of rotatable bonds is 4. The molecule has 2 aromatic rings. The molecule has 0 saturated carbocycles. The lowest BCUT2D eigenvalue weighted by Crippen LogP contribution is -2.35. The molecule has 4 rings (SSSR count). The van der Waals surface area contributed by atoms with Gasteiger partial charge in [0.2, 0.25) is 5.78 Å². The average molecular weight is 397 g/mol. The number of hydrogen-bond donors (Lipinski definition) is 4. The molecule has 0 spiro atoms. The minimum Gasteiger partial charge on any atom is -0.287 e. The van der Waals surface area contributed by atoms with E-state index in [9.17, 15) is 13.2 Å². The highest BCUT2D eigenvalue weighted by Crippen LogP contribution is 2.25. The molecular weight excluding hydrogens is 378 g/mol. The molecule has 0 aromatic heterocycles. The molecule has 1 aliphatic carbocycles. The van der Waals surface area contributed by atoms with E-state index in [1.807, 2.05) is 6.92 Å². The zero-order valence-corrected chi connectivity index (χ0v) is 15.9. The van der Waals surface area contributed by atoms with E-state index in [-0.39, 0.29) is 16.4 Å². The van der Waals surface area contributed by atoms with Gasteiger partial charge in [0, 0.05) is 11.1 Å². The fraction of sp³-hybridized carbons (Fsp3) is 0.158. The van der Waals surface area contributed by atoms with Crippen LogP contribution in [0.25, 0.3) is 5.70 Å². The molecule has 9 heteroatoms. The number of carbonyl (C=O) groups excluding carboxylic acids is 1. The predicted octanol–water partition coefficient (Wildman–Crippen LogP) is 0.890. The summed E-state index contributed by atoms with van der Waals surface area (Å²) in [5.41, 5.74) is 8.09. The van der Waals surface area contributed by atoms with E-state index < -0.39 is 16.3 Å². The topological polar surface area (TPSA) is 112 Å². The van der Waals surface area contributed by atoms with E-state index in [0.717, 1.165) is 5.56 Å². The highest BCUT2D eigenvalue weighted by Gasteiger charge is 2.28. The van der Waals surface area contributed by atoms with Gasteiger partial charge < -0.3 is 0 Å². The summed E-state index contributed by atoms with van der Waals surface area (Å²) < 4.78 is 28.3. The number of nitrogens with one attached hydrogen (secondary N) is 4. The number of benzene rings is 2. The zero-order chi connectivity index (χ0) is 19.7.